The Bertz CT molecular complexity index is 817. The first-order valence-corrected chi connectivity index (χ1v) is 7.72. The van der Waals surface area contributed by atoms with Crippen molar-refractivity contribution in [2.45, 2.75) is 25.9 Å². The molecule has 0 radical (unpaired) electrons. The molecule has 3 nitrogen and oxygen atoms in total. The van der Waals surface area contributed by atoms with Gasteiger partial charge in [0.25, 0.3) is 0 Å². The number of aromatic nitrogens is 1. The zero-order valence-electron chi connectivity index (χ0n) is 12.7. The molecule has 3 aromatic rings. The summed E-state index contributed by atoms with van der Waals surface area (Å²) in [6.07, 6.45) is 3.11. The van der Waals surface area contributed by atoms with Crippen molar-refractivity contribution in [2.24, 2.45) is 5.10 Å². The Morgan fingerprint density at radius 1 is 1.09 bits per heavy atom. The number of hydrogen-bond donors (Lipinski definition) is 1. The van der Waals surface area contributed by atoms with Crippen LogP contribution in [0.5, 0.6) is 0 Å². The van der Waals surface area contributed by atoms with Gasteiger partial charge in [-0.25, -0.2) is 0 Å². The molecule has 1 aromatic heterocycles. The molecule has 2 aromatic carbocycles. The monoisotopic (exact) mass is 289 g/mol. The summed E-state index contributed by atoms with van der Waals surface area (Å²) in [6.45, 7) is 2.95. The fourth-order valence-electron chi connectivity index (χ4n) is 3.26. The number of benzene rings is 2. The lowest BCUT2D eigenvalue weighted by Gasteiger charge is -2.23. The smallest absolute Gasteiger partial charge is 0.0776 e. The van der Waals surface area contributed by atoms with Crippen molar-refractivity contribution in [1.82, 2.24) is 9.99 Å². The van der Waals surface area contributed by atoms with Crippen molar-refractivity contribution in [3.63, 3.8) is 0 Å². The van der Waals surface area contributed by atoms with Crippen LogP contribution in [-0.4, -0.2) is 15.7 Å². The van der Waals surface area contributed by atoms with E-state index in [4.69, 9.17) is 5.10 Å². The third kappa shape index (κ3) is 2.29. The molecule has 0 spiro atoms. The summed E-state index contributed by atoms with van der Waals surface area (Å²) in [4.78, 5) is 3.35. The molecular weight excluding hydrogens is 270 g/mol. The normalized spacial score (nSPS) is 18.0. The Kier molecular flexibility index (Phi) is 3.19. The van der Waals surface area contributed by atoms with Crippen LogP contribution in [0.1, 0.15) is 30.5 Å². The number of nitrogens with one attached hydrogen (secondary N) is 1. The van der Waals surface area contributed by atoms with Crippen LogP contribution in [-0.2, 0) is 6.54 Å². The number of para-hydroxylation sites is 1. The van der Waals surface area contributed by atoms with Gasteiger partial charge in [0.05, 0.1) is 12.6 Å². The molecule has 0 saturated carbocycles. The average molecular weight is 289 g/mol. The van der Waals surface area contributed by atoms with Gasteiger partial charge in [0.1, 0.15) is 0 Å². The van der Waals surface area contributed by atoms with Crippen LogP contribution >= 0.6 is 0 Å². The van der Waals surface area contributed by atoms with Gasteiger partial charge in [-0.2, -0.15) is 5.10 Å². The van der Waals surface area contributed by atoms with Crippen LogP contribution in [0.25, 0.3) is 10.9 Å². The SMILES string of the molecule is CC1=NN(Cc2c[nH]c3ccccc23)[C@H](c2ccccc2)C1. The largest absolute Gasteiger partial charge is 0.361 e. The highest BCUT2D eigenvalue weighted by Crippen LogP contribution is 2.33. The van der Waals surface area contributed by atoms with E-state index in [0.717, 1.165) is 13.0 Å². The van der Waals surface area contributed by atoms with E-state index in [0.29, 0.717) is 6.04 Å². The summed E-state index contributed by atoms with van der Waals surface area (Å²) in [5.41, 5.74) is 5.03. The first-order valence-electron chi connectivity index (χ1n) is 7.72. The summed E-state index contributed by atoms with van der Waals surface area (Å²) in [7, 11) is 0. The van der Waals surface area contributed by atoms with E-state index in [-0.39, 0.29) is 0 Å². The number of hydrazone groups is 1. The fourth-order valence-corrected chi connectivity index (χ4v) is 3.26. The van der Waals surface area contributed by atoms with Crippen molar-refractivity contribution < 1.29 is 0 Å². The minimum absolute atomic E-state index is 0.342. The van der Waals surface area contributed by atoms with Crippen LogP contribution in [0.15, 0.2) is 65.9 Å². The predicted octanol–water partition coefficient (Wildman–Crippen LogP) is 4.49. The third-order valence-electron chi connectivity index (χ3n) is 4.34. The van der Waals surface area contributed by atoms with Crippen molar-refractivity contribution in [3.8, 4) is 0 Å². The number of fused-ring (bicyclic) bond motifs is 1. The molecule has 0 saturated heterocycles. The molecular formula is C19H19N3. The molecule has 1 aliphatic heterocycles. The summed E-state index contributed by atoms with van der Waals surface area (Å²) >= 11 is 0. The standard InChI is InChI=1S/C19H19N3/c1-14-11-19(15-7-3-2-4-8-15)22(21-14)13-16-12-20-18-10-6-5-9-17(16)18/h2-10,12,19-20H,11,13H2,1H3/t19-/m0/s1. The second-order valence-electron chi connectivity index (χ2n) is 5.92. The highest BCUT2D eigenvalue weighted by atomic mass is 15.5. The van der Waals surface area contributed by atoms with Crippen molar-refractivity contribution in [1.29, 1.82) is 0 Å². The predicted molar refractivity (Wildman–Crippen MR) is 90.8 cm³/mol. The zero-order valence-corrected chi connectivity index (χ0v) is 12.7. The number of rotatable bonds is 3. The Labute approximate surface area is 130 Å². The highest BCUT2D eigenvalue weighted by molar-refractivity contribution is 5.84. The van der Waals surface area contributed by atoms with E-state index in [1.807, 2.05) is 0 Å². The molecule has 0 aliphatic carbocycles. The van der Waals surface area contributed by atoms with Gasteiger partial charge >= 0.3 is 0 Å². The lowest BCUT2D eigenvalue weighted by molar-refractivity contribution is 0.225. The molecule has 1 atom stereocenters. The first-order chi connectivity index (χ1) is 10.8. The summed E-state index contributed by atoms with van der Waals surface area (Å²) in [5, 5.41) is 8.27. The number of H-pyrrole nitrogens is 1. The maximum atomic E-state index is 4.76. The van der Waals surface area contributed by atoms with Gasteiger partial charge in [0.2, 0.25) is 0 Å². The van der Waals surface area contributed by atoms with Gasteiger partial charge in [0, 0.05) is 29.2 Å². The fraction of sp³-hybridized carbons (Fsp3) is 0.211. The van der Waals surface area contributed by atoms with E-state index >= 15 is 0 Å². The molecule has 0 bridgehead atoms. The van der Waals surface area contributed by atoms with Gasteiger partial charge in [-0.15, -0.1) is 0 Å². The van der Waals surface area contributed by atoms with Crippen LogP contribution in [0.3, 0.4) is 0 Å². The van der Waals surface area contributed by atoms with E-state index < -0.39 is 0 Å². The van der Waals surface area contributed by atoms with Crippen molar-refractivity contribution >= 4 is 16.6 Å². The lowest BCUT2D eigenvalue weighted by Crippen LogP contribution is -2.18. The van der Waals surface area contributed by atoms with Gasteiger partial charge < -0.3 is 4.98 Å². The Morgan fingerprint density at radius 2 is 1.86 bits per heavy atom. The topological polar surface area (TPSA) is 31.4 Å². The molecule has 1 aliphatic rings. The second-order valence-corrected chi connectivity index (χ2v) is 5.92. The third-order valence-corrected chi connectivity index (χ3v) is 4.34. The van der Waals surface area contributed by atoms with E-state index in [1.54, 1.807) is 0 Å². The molecule has 110 valence electrons. The second kappa shape index (κ2) is 5.34. The summed E-state index contributed by atoms with van der Waals surface area (Å²) in [6, 6.07) is 19.4. The lowest BCUT2D eigenvalue weighted by atomic mass is 10.0. The van der Waals surface area contributed by atoms with Crippen molar-refractivity contribution in [3.05, 3.63) is 71.9 Å². The minimum atomic E-state index is 0.342. The van der Waals surface area contributed by atoms with Gasteiger partial charge in [0.15, 0.2) is 0 Å². The number of hydrogen-bond acceptors (Lipinski definition) is 2. The Hall–Kier alpha value is -2.55. The van der Waals surface area contributed by atoms with Crippen LogP contribution in [0, 0.1) is 0 Å². The molecule has 3 heteroatoms. The number of nitrogens with zero attached hydrogens (tertiary/aromatic N) is 2. The average Bonchev–Trinajstić information content (AvgIpc) is 3.13. The summed E-state index contributed by atoms with van der Waals surface area (Å²) in [5.74, 6) is 0. The van der Waals surface area contributed by atoms with E-state index in [9.17, 15) is 0 Å². The van der Waals surface area contributed by atoms with Crippen LogP contribution in [0.2, 0.25) is 0 Å². The summed E-state index contributed by atoms with van der Waals surface area (Å²) < 4.78 is 0. The van der Waals surface area contributed by atoms with Gasteiger partial charge in [-0.05, 0) is 24.1 Å². The van der Waals surface area contributed by atoms with E-state index in [1.165, 1.54) is 27.7 Å². The molecule has 22 heavy (non-hydrogen) atoms. The molecule has 4 rings (SSSR count). The van der Waals surface area contributed by atoms with Crippen LogP contribution in [0.4, 0.5) is 0 Å². The van der Waals surface area contributed by atoms with E-state index in [2.05, 4.69) is 77.7 Å². The molecule has 0 unspecified atom stereocenters. The number of aromatic amines is 1. The molecule has 1 N–H and O–H groups in total. The van der Waals surface area contributed by atoms with Crippen molar-refractivity contribution in [2.75, 3.05) is 0 Å². The Balaban J connectivity index is 1.65. The van der Waals surface area contributed by atoms with Gasteiger partial charge in [-0.1, -0.05) is 48.5 Å². The molecule has 2 heterocycles. The first kappa shape index (κ1) is 13.1. The quantitative estimate of drug-likeness (QED) is 0.756. The maximum absolute atomic E-state index is 4.76. The Morgan fingerprint density at radius 3 is 2.73 bits per heavy atom. The van der Waals surface area contributed by atoms with Crippen LogP contribution < -0.4 is 0 Å². The minimum Gasteiger partial charge on any atom is -0.361 e. The highest BCUT2D eigenvalue weighted by Gasteiger charge is 2.26. The maximum Gasteiger partial charge on any atom is 0.0776 e. The zero-order chi connectivity index (χ0) is 14.9. The molecule has 0 fully saturated rings. The molecule has 0 amide bonds. The van der Waals surface area contributed by atoms with Gasteiger partial charge in [-0.3, -0.25) is 5.01 Å².